The van der Waals surface area contributed by atoms with Gasteiger partial charge in [-0.05, 0) is 33.2 Å². The first-order chi connectivity index (χ1) is 9.10. The van der Waals surface area contributed by atoms with E-state index in [9.17, 15) is 4.79 Å². The van der Waals surface area contributed by atoms with Crippen molar-refractivity contribution >= 4 is 18.3 Å². The van der Waals surface area contributed by atoms with E-state index in [1.54, 1.807) is 0 Å². The molecule has 2 heterocycles. The van der Waals surface area contributed by atoms with Gasteiger partial charge in [-0.3, -0.25) is 9.69 Å². The molecule has 0 radical (unpaired) electrons. The summed E-state index contributed by atoms with van der Waals surface area (Å²) in [6.45, 7) is 7.65. The van der Waals surface area contributed by atoms with E-state index >= 15 is 0 Å². The van der Waals surface area contributed by atoms with E-state index in [0.717, 1.165) is 13.0 Å². The van der Waals surface area contributed by atoms with Crippen LogP contribution in [0.15, 0.2) is 0 Å². The first kappa shape index (κ1) is 17.7. The van der Waals surface area contributed by atoms with Crippen LogP contribution < -0.4 is 5.73 Å². The van der Waals surface area contributed by atoms with E-state index in [-0.39, 0.29) is 30.5 Å². The smallest absolute Gasteiger partial charge is 0.236 e. The lowest BCUT2D eigenvalue weighted by Gasteiger charge is -2.39. The van der Waals surface area contributed by atoms with Crippen molar-refractivity contribution in [2.24, 2.45) is 5.73 Å². The average Bonchev–Trinajstić information content (AvgIpc) is 2.38. The Kier molecular flexibility index (Phi) is 7.23. The molecule has 0 spiro atoms. The van der Waals surface area contributed by atoms with E-state index in [4.69, 9.17) is 10.5 Å². The molecule has 2 N–H and O–H groups in total. The first-order valence-corrected chi connectivity index (χ1v) is 7.47. The fourth-order valence-electron chi connectivity index (χ4n) is 3.19. The highest BCUT2D eigenvalue weighted by molar-refractivity contribution is 5.85. The van der Waals surface area contributed by atoms with E-state index in [1.165, 1.54) is 12.8 Å². The number of hydrogen-bond acceptors (Lipinski definition) is 4. The third-order valence-corrected chi connectivity index (χ3v) is 4.13. The number of rotatable bonds is 3. The van der Waals surface area contributed by atoms with Gasteiger partial charge in [0, 0.05) is 25.7 Å². The van der Waals surface area contributed by atoms with Crippen LogP contribution in [0.3, 0.4) is 0 Å². The lowest BCUT2D eigenvalue weighted by molar-refractivity contribution is -0.145. The number of nitrogens with zero attached hydrogens (tertiary/aromatic N) is 2. The molecular formula is C14H28ClN3O2. The van der Waals surface area contributed by atoms with Crippen molar-refractivity contribution in [2.75, 3.05) is 32.7 Å². The number of ether oxygens (including phenoxy) is 1. The van der Waals surface area contributed by atoms with Crippen molar-refractivity contribution in [3.8, 4) is 0 Å². The summed E-state index contributed by atoms with van der Waals surface area (Å²) in [6, 6.07) is 0.383. The van der Waals surface area contributed by atoms with Crippen molar-refractivity contribution in [1.29, 1.82) is 0 Å². The molecule has 2 aliphatic rings. The fraction of sp³-hybridized carbons (Fsp3) is 0.929. The number of carbonyl (C=O) groups is 1. The molecule has 118 valence electrons. The Bertz CT molecular complexity index is 307. The molecule has 5 nitrogen and oxygen atoms in total. The number of piperidine rings is 1. The standard InChI is InChI=1S/C14H27N3O2.ClH/c1-11-8-17(9-12(2)19-11)14(18)10-16-6-4-3-5-13(16)7-15;/h11-13H,3-10,15H2,1-2H3;1H. The Labute approximate surface area is 128 Å². The molecule has 3 atom stereocenters. The van der Waals surface area contributed by atoms with Crippen LogP contribution >= 0.6 is 12.4 Å². The van der Waals surface area contributed by atoms with Gasteiger partial charge in [0.1, 0.15) is 0 Å². The number of likely N-dealkylation sites (tertiary alicyclic amines) is 1. The van der Waals surface area contributed by atoms with Gasteiger partial charge >= 0.3 is 0 Å². The Balaban J connectivity index is 0.00000200. The molecule has 0 aliphatic carbocycles. The third kappa shape index (κ3) is 4.58. The van der Waals surface area contributed by atoms with E-state index in [1.807, 2.05) is 18.7 Å². The number of hydrogen-bond donors (Lipinski definition) is 1. The van der Waals surface area contributed by atoms with Crippen molar-refractivity contribution in [1.82, 2.24) is 9.80 Å². The zero-order chi connectivity index (χ0) is 13.8. The van der Waals surface area contributed by atoms with Gasteiger partial charge in [-0.2, -0.15) is 0 Å². The fourth-order valence-corrected chi connectivity index (χ4v) is 3.19. The number of morpholine rings is 1. The quantitative estimate of drug-likeness (QED) is 0.840. The third-order valence-electron chi connectivity index (χ3n) is 4.13. The minimum Gasteiger partial charge on any atom is -0.372 e. The van der Waals surface area contributed by atoms with Gasteiger partial charge in [0.15, 0.2) is 0 Å². The molecule has 0 saturated carbocycles. The predicted octanol–water partition coefficient (Wildman–Crippen LogP) is 0.857. The van der Waals surface area contributed by atoms with Gasteiger partial charge in [-0.25, -0.2) is 0 Å². The van der Waals surface area contributed by atoms with Crippen molar-refractivity contribution in [3.63, 3.8) is 0 Å². The van der Waals surface area contributed by atoms with Crippen LogP contribution in [-0.2, 0) is 9.53 Å². The van der Waals surface area contributed by atoms with E-state index < -0.39 is 0 Å². The Morgan fingerprint density at radius 2 is 1.90 bits per heavy atom. The van der Waals surface area contributed by atoms with Crippen LogP contribution in [0.4, 0.5) is 0 Å². The van der Waals surface area contributed by atoms with Crippen molar-refractivity contribution in [3.05, 3.63) is 0 Å². The maximum absolute atomic E-state index is 12.4. The average molecular weight is 306 g/mol. The molecule has 0 aromatic heterocycles. The Morgan fingerprint density at radius 3 is 2.50 bits per heavy atom. The van der Waals surface area contributed by atoms with Crippen molar-refractivity contribution < 1.29 is 9.53 Å². The van der Waals surface area contributed by atoms with Crippen LogP contribution in [0.1, 0.15) is 33.1 Å². The van der Waals surface area contributed by atoms with Crippen LogP contribution in [0.5, 0.6) is 0 Å². The maximum Gasteiger partial charge on any atom is 0.236 e. The summed E-state index contributed by atoms with van der Waals surface area (Å²) in [5.74, 6) is 0.224. The number of carbonyl (C=O) groups excluding carboxylic acids is 1. The van der Waals surface area contributed by atoms with Crippen LogP contribution in [-0.4, -0.2) is 66.7 Å². The molecule has 20 heavy (non-hydrogen) atoms. The van der Waals surface area contributed by atoms with Crippen LogP contribution in [0.25, 0.3) is 0 Å². The van der Waals surface area contributed by atoms with Gasteiger partial charge in [-0.15, -0.1) is 12.4 Å². The zero-order valence-corrected chi connectivity index (χ0v) is 13.4. The highest BCUT2D eigenvalue weighted by atomic mass is 35.5. The molecule has 2 fully saturated rings. The molecular weight excluding hydrogens is 278 g/mol. The maximum atomic E-state index is 12.4. The van der Waals surface area contributed by atoms with Crippen molar-refractivity contribution in [2.45, 2.75) is 51.4 Å². The minimum absolute atomic E-state index is 0. The monoisotopic (exact) mass is 305 g/mol. The molecule has 6 heteroatoms. The number of halogens is 1. The van der Waals surface area contributed by atoms with Gasteiger partial charge in [0.25, 0.3) is 0 Å². The lowest BCUT2D eigenvalue weighted by Crippen LogP contribution is -2.53. The van der Waals surface area contributed by atoms with Gasteiger partial charge in [0.2, 0.25) is 5.91 Å². The largest absolute Gasteiger partial charge is 0.372 e. The Morgan fingerprint density at radius 1 is 1.25 bits per heavy atom. The highest BCUT2D eigenvalue weighted by Gasteiger charge is 2.29. The molecule has 1 amide bonds. The summed E-state index contributed by atoms with van der Waals surface area (Å²) in [6.07, 6.45) is 3.82. The molecule has 2 aliphatic heterocycles. The van der Waals surface area contributed by atoms with Gasteiger partial charge < -0.3 is 15.4 Å². The van der Waals surface area contributed by atoms with Crippen LogP contribution in [0, 0.1) is 0 Å². The van der Waals surface area contributed by atoms with E-state index in [2.05, 4.69) is 4.90 Å². The normalized spacial score (nSPS) is 31.8. The summed E-state index contributed by atoms with van der Waals surface area (Å²) in [5.41, 5.74) is 5.81. The summed E-state index contributed by atoms with van der Waals surface area (Å²) < 4.78 is 5.67. The number of amides is 1. The van der Waals surface area contributed by atoms with E-state index in [0.29, 0.717) is 32.2 Å². The molecule has 2 rings (SSSR count). The Hall–Kier alpha value is -0.360. The summed E-state index contributed by atoms with van der Waals surface area (Å²) >= 11 is 0. The number of nitrogens with two attached hydrogens (primary N) is 1. The van der Waals surface area contributed by atoms with Crippen LogP contribution in [0.2, 0.25) is 0 Å². The highest BCUT2D eigenvalue weighted by Crippen LogP contribution is 2.17. The zero-order valence-electron chi connectivity index (χ0n) is 12.6. The second-order valence-electron chi connectivity index (χ2n) is 5.91. The molecule has 0 aromatic rings. The summed E-state index contributed by atoms with van der Waals surface area (Å²) in [7, 11) is 0. The lowest BCUT2D eigenvalue weighted by atomic mass is 10.0. The predicted molar refractivity (Wildman–Crippen MR) is 82.1 cm³/mol. The second-order valence-corrected chi connectivity index (χ2v) is 5.91. The molecule has 2 saturated heterocycles. The SMILES string of the molecule is CC1CN(C(=O)CN2CCCCC2CN)CC(C)O1.Cl. The first-order valence-electron chi connectivity index (χ1n) is 7.47. The summed E-state index contributed by atoms with van der Waals surface area (Å²) in [5, 5.41) is 0. The second kappa shape index (κ2) is 8.17. The molecule has 3 unspecified atom stereocenters. The topological polar surface area (TPSA) is 58.8 Å². The van der Waals surface area contributed by atoms with Gasteiger partial charge in [0.05, 0.1) is 18.8 Å². The minimum atomic E-state index is 0. The van der Waals surface area contributed by atoms with Gasteiger partial charge in [-0.1, -0.05) is 6.42 Å². The molecule has 0 bridgehead atoms. The molecule has 0 aromatic carbocycles. The summed E-state index contributed by atoms with van der Waals surface area (Å²) in [4.78, 5) is 16.6.